The number of benzene rings is 2. The molecule has 138 valence electrons. The fraction of sp³-hybridized carbons (Fsp3) is 0.182. The molecule has 0 saturated carbocycles. The van der Waals surface area contributed by atoms with E-state index < -0.39 is 0 Å². The molecule has 0 aliphatic rings. The fourth-order valence-electron chi connectivity index (χ4n) is 2.75. The molecule has 0 bridgehead atoms. The van der Waals surface area contributed by atoms with E-state index in [0.717, 1.165) is 29.7 Å². The lowest BCUT2D eigenvalue weighted by atomic mass is 10.0. The van der Waals surface area contributed by atoms with Crippen molar-refractivity contribution >= 4 is 17.3 Å². The van der Waals surface area contributed by atoms with Crippen molar-refractivity contribution < 1.29 is 4.79 Å². The molecule has 2 aromatic rings. The molecule has 0 aliphatic heterocycles. The standard InChI is InChI=1S/C22H19N5O/c1-3-15-7-5-8-16(4-2)21(15)27-22(28)17-9-6-10-19(11-17)26-20(14-25)18(12-23)13-24/h5-11,26H,3-4H2,1-2H3,(H,27,28). The normalized spacial score (nSPS) is 9.39. The van der Waals surface area contributed by atoms with Crippen LogP contribution in [0, 0.1) is 34.0 Å². The van der Waals surface area contributed by atoms with E-state index in [4.69, 9.17) is 15.8 Å². The molecule has 0 radical (unpaired) electrons. The van der Waals surface area contributed by atoms with Crippen LogP contribution in [0.1, 0.15) is 35.3 Å². The van der Waals surface area contributed by atoms with Gasteiger partial charge in [-0.15, -0.1) is 0 Å². The predicted molar refractivity (Wildman–Crippen MR) is 107 cm³/mol. The highest BCUT2D eigenvalue weighted by Gasteiger charge is 2.13. The summed E-state index contributed by atoms with van der Waals surface area (Å²) in [6.45, 7) is 4.07. The van der Waals surface area contributed by atoms with Crippen molar-refractivity contribution in [2.24, 2.45) is 0 Å². The molecule has 0 aromatic heterocycles. The van der Waals surface area contributed by atoms with Crippen molar-refractivity contribution in [1.29, 1.82) is 15.8 Å². The zero-order valence-corrected chi connectivity index (χ0v) is 15.7. The number of rotatable bonds is 6. The topological polar surface area (TPSA) is 112 Å². The zero-order chi connectivity index (χ0) is 20.5. The first-order chi connectivity index (χ1) is 13.6. The van der Waals surface area contributed by atoms with Crippen molar-refractivity contribution in [3.8, 4) is 18.2 Å². The van der Waals surface area contributed by atoms with E-state index in [-0.39, 0.29) is 17.2 Å². The van der Waals surface area contributed by atoms with Gasteiger partial charge >= 0.3 is 0 Å². The van der Waals surface area contributed by atoms with Gasteiger partial charge in [0.25, 0.3) is 5.91 Å². The molecule has 0 saturated heterocycles. The Morgan fingerprint density at radius 1 is 0.893 bits per heavy atom. The molecule has 1 amide bonds. The number of allylic oxidation sites excluding steroid dienone is 2. The first-order valence-electron chi connectivity index (χ1n) is 8.81. The third-order valence-electron chi connectivity index (χ3n) is 4.22. The summed E-state index contributed by atoms with van der Waals surface area (Å²) in [7, 11) is 0. The van der Waals surface area contributed by atoms with Crippen LogP contribution in [0.4, 0.5) is 11.4 Å². The minimum absolute atomic E-state index is 0.160. The highest BCUT2D eigenvalue weighted by Crippen LogP contribution is 2.24. The summed E-state index contributed by atoms with van der Waals surface area (Å²) in [5, 5.41) is 32.7. The smallest absolute Gasteiger partial charge is 0.255 e. The molecule has 2 rings (SSSR count). The summed E-state index contributed by atoms with van der Waals surface area (Å²) < 4.78 is 0. The van der Waals surface area contributed by atoms with Crippen LogP contribution < -0.4 is 10.6 Å². The Hall–Kier alpha value is -4.08. The van der Waals surface area contributed by atoms with E-state index in [1.54, 1.807) is 42.5 Å². The average molecular weight is 369 g/mol. The Morgan fingerprint density at radius 2 is 1.50 bits per heavy atom. The van der Waals surface area contributed by atoms with Gasteiger partial charge in [-0.3, -0.25) is 4.79 Å². The van der Waals surface area contributed by atoms with Crippen molar-refractivity contribution in [2.45, 2.75) is 26.7 Å². The molecule has 28 heavy (non-hydrogen) atoms. The van der Waals surface area contributed by atoms with Crippen LogP contribution >= 0.6 is 0 Å². The minimum atomic E-state index is -0.318. The van der Waals surface area contributed by atoms with Gasteiger partial charge < -0.3 is 10.6 Å². The summed E-state index contributed by atoms with van der Waals surface area (Å²) in [5.41, 5.74) is 3.30. The molecule has 0 atom stereocenters. The first kappa shape index (κ1) is 20.2. The number of nitrogens with one attached hydrogen (secondary N) is 2. The minimum Gasteiger partial charge on any atom is -0.345 e. The second kappa shape index (κ2) is 9.57. The van der Waals surface area contributed by atoms with Gasteiger partial charge in [0.15, 0.2) is 5.57 Å². The molecule has 0 heterocycles. The van der Waals surface area contributed by atoms with E-state index in [0.29, 0.717) is 11.3 Å². The van der Waals surface area contributed by atoms with Gasteiger partial charge in [0, 0.05) is 16.9 Å². The summed E-state index contributed by atoms with van der Waals surface area (Å²) in [6.07, 6.45) is 1.60. The third kappa shape index (κ3) is 4.55. The van der Waals surface area contributed by atoms with E-state index >= 15 is 0 Å². The Labute approximate surface area is 164 Å². The van der Waals surface area contributed by atoms with Gasteiger partial charge in [-0.25, -0.2) is 0 Å². The Morgan fingerprint density at radius 3 is 2.04 bits per heavy atom. The highest BCUT2D eigenvalue weighted by molar-refractivity contribution is 6.05. The average Bonchev–Trinajstić information content (AvgIpc) is 2.74. The summed E-state index contributed by atoms with van der Waals surface area (Å²) in [4.78, 5) is 12.8. The number of amides is 1. The fourth-order valence-corrected chi connectivity index (χ4v) is 2.75. The number of carbonyl (C=O) groups is 1. The predicted octanol–water partition coefficient (Wildman–Crippen LogP) is 4.30. The number of anilines is 2. The number of hydrogen-bond acceptors (Lipinski definition) is 5. The van der Waals surface area contributed by atoms with Crippen LogP contribution in [0.5, 0.6) is 0 Å². The SMILES string of the molecule is CCc1cccc(CC)c1NC(=O)c1cccc(NC(C#N)=C(C#N)C#N)c1. The lowest BCUT2D eigenvalue weighted by molar-refractivity contribution is 0.102. The second-order valence-electron chi connectivity index (χ2n) is 5.90. The zero-order valence-electron chi connectivity index (χ0n) is 15.7. The summed E-state index contributed by atoms with van der Waals surface area (Å²) in [5.74, 6) is -0.275. The molecule has 0 fully saturated rings. The lowest BCUT2D eigenvalue weighted by Gasteiger charge is -2.15. The largest absolute Gasteiger partial charge is 0.345 e. The van der Waals surface area contributed by atoms with Gasteiger partial charge in [-0.2, -0.15) is 15.8 Å². The van der Waals surface area contributed by atoms with Crippen molar-refractivity contribution in [3.63, 3.8) is 0 Å². The van der Waals surface area contributed by atoms with Gasteiger partial charge in [-0.1, -0.05) is 38.1 Å². The monoisotopic (exact) mass is 369 g/mol. The van der Waals surface area contributed by atoms with Crippen LogP contribution in [0.25, 0.3) is 0 Å². The number of para-hydroxylation sites is 1. The molecular formula is C22H19N5O. The summed E-state index contributed by atoms with van der Waals surface area (Å²) >= 11 is 0. The van der Waals surface area contributed by atoms with Crippen LogP contribution in [0.3, 0.4) is 0 Å². The number of nitrogens with zero attached hydrogens (tertiary/aromatic N) is 3. The maximum atomic E-state index is 12.8. The number of aryl methyl sites for hydroxylation is 2. The van der Waals surface area contributed by atoms with Gasteiger partial charge in [0.05, 0.1) is 0 Å². The number of nitriles is 3. The van der Waals surface area contributed by atoms with Gasteiger partial charge in [0.2, 0.25) is 0 Å². The van der Waals surface area contributed by atoms with E-state index in [2.05, 4.69) is 10.6 Å². The van der Waals surface area contributed by atoms with Crippen molar-refractivity contribution in [3.05, 3.63) is 70.4 Å². The molecule has 2 N–H and O–H groups in total. The molecular weight excluding hydrogens is 350 g/mol. The Bertz CT molecular complexity index is 1010. The van der Waals surface area contributed by atoms with Gasteiger partial charge in [0.1, 0.15) is 23.9 Å². The summed E-state index contributed by atoms with van der Waals surface area (Å²) in [6, 6.07) is 17.6. The van der Waals surface area contributed by atoms with Gasteiger partial charge in [-0.05, 0) is 42.2 Å². The van der Waals surface area contributed by atoms with Crippen LogP contribution in [0.15, 0.2) is 53.7 Å². The Kier molecular flexibility index (Phi) is 6.92. The molecule has 2 aromatic carbocycles. The highest BCUT2D eigenvalue weighted by atomic mass is 16.1. The lowest BCUT2D eigenvalue weighted by Crippen LogP contribution is -2.15. The molecule has 0 unspecified atom stereocenters. The van der Waals surface area contributed by atoms with Crippen LogP contribution in [0.2, 0.25) is 0 Å². The van der Waals surface area contributed by atoms with E-state index in [1.165, 1.54) is 0 Å². The third-order valence-corrected chi connectivity index (χ3v) is 4.22. The second-order valence-corrected chi connectivity index (χ2v) is 5.90. The molecule has 6 heteroatoms. The maximum Gasteiger partial charge on any atom is 0.255 e. The number of carbonyl (C=O) groups excluding carboxylic acids is 1. The molecule has 0 aliphatic carbocycles. The van der Waals surface area contributed by atoms with Crippen molar-refractivity contribution in [1.82, 2.24) is 0 Å². The van der Waals surface area contributed by atoms with E-state index in [9.17, 15) is 4.79 Å². The molecule has 6 nitrogen and oxygen atoms in total. The Balaban J connectivity index is 2.32. The first-order valence-corrected chi connectivity index (χ1v) is 8.81. The quantitative estimate of drug-likeness (QED) is 0.737. The van der Waals surface area contributed by atoms with Crippen molar-refractivity contribution in [2.75, 3.05) is 10.6 Å². The van der Waals surface area contributed by atoms with E-state index in [1.807, 2.05) is 32.0 Å². The maximum absolute atomic E-state index is 12.8. The number of hydrogen-bond donors (Lipinski definition) is 2. The molecule has 0 spiro atoms. The van der Waals surface area contributed by atoms with Crippen LogP contribution in [-0.2, 0) is 12.8 Å². The van der Waals surface area contributed by atoms with Crippen LogP contribution in [-0.4, -0.2) is 5.91 Å².